The van der Waals surface area contributed by atoms with Crippen LogP contribution < -0.4 is 10.6 Å². The second kappa shape index (κ2) is 10.7. The fraction of sp³-hybridized carbons (Fsp3) is 0.684. The number of amides is 2. The predicted molar refractivity (Wildman–Crippen MR) is 102 cm³/mol. The van der Waals surface area contributed by atoms with Crippen molar-refractivity contribution in [2.24, 2.45) is 0 Å². The van der Waals surface area contributed by atoms with Crippen molar-refractivity contribution in [1.29, 1.82) is 0 Å². The molecule has 160 valence electrons. The fourth-order valence-electron chi connectivity index (χ4n) is 2.00. The van der Waals surface area contributed by atoms with Gasteiger partial charge < -0.3 is 24.8 Å². The molecule has 2 amide bonds. The molecule has 0 unspecified atom stereocenters. The zero-order chi connectivity index (χ0) is 22.1. The van der Waals surface area contributed by atoms with E-state index >= 15 is 0 Å². The Morgan fingerprint density at radius 1 is 0.929 bits per heavy atom. The van der Waals surface area contributed by atoms with Gasteiger partial charge in [-0.2, -0.15) is 0 Å². The van der Waals surface area contributed by atoms with E-state index in [2.05, 4.69) is 21.9 Å². The number of carbonyl (C=O) groups is 4. The molecule has 0 saturated heterocycles. The van der Waals surface area contributed by atoms with E-state index in [1.165, 1.54) is 13.2 Å². The van der Waals surface area contributed by atoms with Crippen LogP contribution in [0.25, 0.3) is 0 Å². The van der Waals surface area contributed by atoms with Crippen LogP contribution in [0, 0.1) is 0 Å². The number of hydrogen-bond acceptors (Lipinski definition) is 7. The number of alkyl carbamates (subject to hydrolysis) is 1. The molecule has 0 aromatic heterocycles. The minimum Gasteiger partial charge on any atom is -0.467 e. The van der Waals surface area contributed by atoms with Crippen LogP contribution >= 0.6 is 0 Å². The lowest BCUT2D eigenvalue weighted by atomic mass is 10.1. The van der Waals surface area contributed by atoms with Crippen LogP contribution in [-0.2, 0) is 28.6 Å². The van der Waals surface area contributed by atoms with Gasteiger partial charge in [-0.3, -0.25) is 9.59 Å². The van der Waals surface area contributed by atoms with E-state index < -0.39 is 53.6 Å². The average Bonchev–Trinajstić information content (AvgIpc) is 2.49. The van der Waals surface area contributed by atoms with Crippen LogP contribution in [0.5, 0.6) is 0 Å². The van der Waals surface area contributed by atoms with Crippen molar-refractivity contribution in [2.45, 2.75) is 77.7 Å². The summed E-state index contributed by atoms with van der Waals surface area (Å²) < 4.78 is 15.0. The lowest BCUT2D eigenvalue weighted by Gasteiger charge is -2.25. The Kier molecular flexibility index (Phi) is 9.69. The van der Waals surface area contributed by atoms with Crippen LogP contribution in [0.3, 0.4) is 0 Å². The van der Waals surface area contributed by atoms with E-state index in [1.54, 1.807) is 41.5 Å². The summed E-state index contributed by atoms with van der Waals surface area (Å²) >= 11 is 0. The standard InChI is InChI=1S/C19H32N2O7/c1-9-10-12(16(24)26-8)20-15(23)13(11-14(22)27-18(2,3)4)21-17(25)28-19(5,6)7/h9,12-13H,1,10-11H2,2-8H3,(H,20,23)(H,21,25)/t12-,13+/m1/s1. The predicted octanol–water partition coefficient (Wildman–Crippen LogP) is 1.85. The van der Waals surface area contributed by atoms with E-state index in [-0.39, 0.29) is 6.42 Å². The molecular formula is C19H32N2O7. The first-order chi connectivity index (χ1) is 12.7. The van der Waals surface area contributed by atoms with Crippen LogP contribution in [0.4, 0.5) is 4.79 Å². The second-order valence-electron chi connectivity index (χ2n) is 8.10. The molecule has 0 rings (SSSR count). The van der Waals surface area contributed by atoms with Gasteiger partial charge in [-0.15, -0.1) is 6.58 Å². The monoisotopic (exact) mass is 400 g/mol. The van der Waals surface area contributed by atoms with E-state index in [0.717, 1.165) is 0 Å². The van der Waals surface area contributed by atoms with Gasteiger partial charge in [0.1, 0.15) is 23.3 Å². The van der Waals surface area contributed by atoms with Crippen LogP contribution in [0.2, 0.25) is 0 Å². The molecule has 2 N–H and O–H groups in total. The highest BCUT2D eigenvalue weighted by Gasteiger charge is 2.31. The quantitative estimate of drug-likeness (QED) is 0.362. The molecule has 0 aromatic rings. The van der Waals surface area contributed by atoms with Gasteiger partial charge in [0.15, 0.2) is 0 Å². The minimum absolute atomic E-state index is 0.115. The largest absolute Gasteiger partial charge is 0.467 e. The second-order valence-corrected chi connectivity index (χ2v) is 8.10. The molecule has 0 aliphatic heterocycles. The molecule has 0 aliphatic rings. The third kappa shape index (κ3) is 11.2. The summed E-state index contributed by atoms with van der Waals surface area (Å²) in [5.41, 5.74) is -1.56. The number of ether oxygens (including phenoxy) is 3. The molecular weight excluding hydrogens is 368 g/mol. The lowest BCUT2D eigenvalue weighted by Crippen LogP contribution is -2.53. The van der Waals surface area contributed by atoms with Crippen molar-refractivity contribution >= 4 is 23.9 Å². The zero-order valence-electron chi connectivity index (χ0n) is 17.7. The summed E-state index contributed by atoms with van der Waals surface area (Å²) in [4.78, 5) is 48.6. The summed E-state index contributed by atoms with van der Waals surface area (Å²) in [6, 6.07) is -2.31. The molecule has 0 fully saturated rings. The van der Waals surface area contributed by atoms with E-state index in [1.807, 2.05) is 0 Å². The molecule has 9 heteroatoms. The number of methoxy groups -OCH3 is 1. The first-order valence-electron chi connectivity index (χ1n) is 8.89. The first-order valence-corrected chi connectivity index (χ1v) is 8.89. The summed E-state index contributed by atoms with van der Waals surface area (Å²) in [5, 5.41) is 4.78. The van der Waals surface area contributed by atoms with Crippen molar-refractivity contribution in [1.82, 2.24) is 10.6 Å². The van der Waals surface area contributed by atoms with E-state index in [0.29, 0.717) is 0 Å². The Balaban J connectivity index is 5.35. The van der Waals surface area contributed by atoms with Gasteiger partial charge in [-0.25, -0.2) is 9.59 Å². The Hall–Kier alpha value is -2.58. The summed E-state index contributed by atoms with van der Waals surface area (Å²) in [6.07, 6.45) is 0.231. The van der Waals surface area contributed by atoms with Crippen molar-refractivity contribution < 1.29 is 33.4 Å². The molecule has 0 spiro atoms. The van der Waals surface area contributed by atoms with Gasteiger partial charge in [0.2, 0.25) is 5.91 Å². The van der Waals surface area contributed by atoms with Gasteiger partial charge in [0.05, 0.1) is 13.5 Å². The van der Waals surface area contributed by atoms with Gasteiger partial charge >= 0.3 is 18.0 Å². The third-order valence-corrected chi connectivity index (χ3v) is 3.00. The molecule has 0 bridgehead atoms. The van der Waals surface area contributed by atoms with Gasteiger partial charge in [0, 0.05) is 0 Å². The third-order valence-electron chi connectivity index (χ3n) is 3.00. The SMILES string of the molecule is C=CC[C@@H](NC(=O)[C@H](CC(=O)OC(C)(C)C)NC(=O)OC(C)(C)C)C(=O)OC. The molecule has 0 saturated carbocycles. The van der Waals surface area contributed by atoms with Crippen molar-refractivity contribution in [3.05, 3.63) is 12.7 Å². The highest BCUT2D eigenvalue weighted by atomic mass is 16.6. The Bertz CT molecular complexity index is 558. The van der Waals surface area contributed by atoms with Crippen molar-refractivity contribution in [2.75, 3.05) is 7.11 Å². The molecule has 0 aliphatic carbocycles. The zero-order valence-corrected chi connectivity index (χ0v) is 17.7. The lowest BCUT2D eigenvalue weighted by molar-refractivity contribution is -0.156. The maximum atomic E-state index is 12.6. The van der Waals surface area contributed by atoms with Gasteiger partial charge in [0.25, 0.3) is 0 Å². The molecule has 0 heterocycles. The summed E-state index contributed by atoms with van der Waals surface area (Å²) in [7, 11) is 1.18. The number of rotatable bonds is 8. The summed E-state index contributed by atoms with van der Waals surface area (Å²) in [6.45, 7) is 13.5. The van der Waals surface area contributed by atoms with Crippen molar-refractivity contribution in [3.63, 3.8) is 0 Å². The van der Waals surface area contributed by atoms with Crippen LogP contribution in [0.15, 0.2) is 12.7 Å². The topological polar surface area (TPSA) is 120 Å². The van der Waals surface area contributed by atoms with Gasteiger partial charge in [-0.1, -0.05) is 6.08 Å². The maximum absolute atomic E-state index is 12.6. The minimum atomic E-state index is -1.30. The first kappa shape index (κ1) is 25.4. The molecule has 0 aromatic carbocycles. The molecule has 28 heavy (non-hydrogen) atoms. The average molecular weight is 400 g/mol. The Morgan fingerprint density at radius 2 is 1.46 bits per heavy atom. The fourth-order valence-corrected chi connectivity index (χ4v) is 2.00. The smallest absolute Gasteiger partial charge is 0.408 e. The normalized spacial score (nSPS) is 13.5. The number of esters is 2. The maximum Gasteiger partial charge on any atom is 0.408 e. The van der Waals surface area contributed by atoms with Gasteiger partial charge in [-0.05, 0) is 48.0 Å². The van der Waals surface area contributed by atoms with Crippen LogP contribution in [-0.4, -0.2) is 54.3 Å². The molecule has 0 radical (unpaired) electrons. The number of carbonyl (C=O) groups excluding carboxylic acids is 4. The highest BCUT2D eigenvalue weighted by molar-refractivity contribution is 5.92. The highest BCUT2D eigenvalue weighted by Crippen LogP contribution is 2.11. The van der Waals surface area contributed by atoms with E-state index in [9.17, 15) is 19.2 Å². The Labute approximate surface area is 166 Å². The van der Waals surface area contributed by atoms with Crippen LogP contribution in [0.1, 0.15) is 54.4 Å². The number of hydrogen-bond donors (Lipinski definition) is 2. The number of nitrogens with one attached hydrogen (secondary N) is 2. The van der Waals surface area contributed by atoms with E-state index in [4.69, 9.17) is 9.47 Å². The summed E-state index contributed by atoms with van der Waals surface area (Å²) in [5.74, 6) is -2.13. The Morgan fingerprint density at radius 3 is 1.89 bits per heavy atom. The molecule has 9 nitrogen and oxygen atoms in total. The molecule has 2 atom stereocenters. The van der Waals surface area contributed by atoms with Crippen molar-refractivity contribution in [3.8, 4) is 0 Å².